The number of rotatable bonds is 0. The Balaban J connectivity index is 2.88. The highest BCUT2D eigenvalue weighted by Crippen LogP contribution is 2.04. The minimum atomic E-state index is 0.715. The first-order chi connectivity index (χ1) is 3.93. The van der Waals surface area contributed by atoms with Gasteiger partial charge in [-0.3, -0.25) is 0 Å². The van der Waals surface area contributed by atoms with E-state index in [9.17, 15) is 4.39 Å². The van der Waals surface area contributed by atoms with Gasteiger partial charge < -0.3 is 0 Å². The van der Waals surface area contributed by atoms with E-state index >= 15 is 0 Å². The van der Waals surface area contributed by atoms with E-state index in [1.54, 1.807) is 12.1 Å². The first-order valence-corrected chi connectivity index (χ1v) is 2.82. The quantitative estimate of drug-likeness (QED) is 0.464. The van der Waals surface area contributed by atoms with Crippen molar-refractivity contribution < 1.29 is 4.39 Å². The Morgan fingerprint density at radius 2 is 2.62 bits per heavy atom. The maximum Gasteiger partial charge on any atom is 0.111 e. The van der Waals surface area contributed by atoms with Crippen molar-refractivity contribution in [2.75, 3.05) is 0 Å². The van der Waals surface area contributed by atoms with Crippen LogP contribution in [0.15, 0.2) is 12.1 Å². The molecule has 0 amide bonds. The van der Waals surface area contributed by atoms with E-state index in [-0.39, 0.29) is 0 Å². The Bertz CT molecular complexity index is 202. The largest absolute Gasteiger partial charge is 0.144 e. The second kappa shape index (κ2) is 2.49. The van der Waals surface area contributed by atoms with Gasteiger partial charge in [0.15, 0.2) is 0 Å². The molecule has 0 aromatic carbocycles. The molecule has 0 atom stereocenters. The Morgan fingerprint density at radius 3 is 3.12 bits per heavy atom. The van der Waals surface area contributed by atoms with Gasteiger partial charge in [0.05, 0.1) is 4.88 Å². The van der Waals surface area contributed by atoms with E-state index in [1.165, 1.54) is 17.5 Å². The van der Waals surface area contributed by atoms with Gasteiger partial charge in [-0.05, 0) is 18.1 Å². The SMILES string of the molecule is FC#Cc1cc[c]s1. The van der Waals surface area contributed by atoms with Crippen LogP contribution in [0.1, 0.15) is 4.88 Å². The normalized spacial score (nSPS) is 7.62. The van der Waals surface area contributed by atoms with Crippen molar-refractivity contribution in [2.45, 2.75) is 0 Å². The molecule has 1 radical (unpaired) electrons. The van der Waals surface area contributed by atoms with E-state index in [4.69, 9.17) is 0 Å². The van der Waals surface area contributed by atoms with Crippen LogP contribution in [0.25, 0.3) is 0 Å². The molecule has 0 fully saturated rings. The maximum absolute atomic E-state index is 11.2. The van der Waals surface area contributed by atoms with Crippen LogP contribution in [0, 0.1) is 17.5 Å². The summed E-state index contributed by atoms with van der Waals surface area (Å²) in [5, 5.41) is 2.79. The zero-order chi connectivity index (χ0) is 5.82. The topological polar surface area (TPSA) is 0 Å². The molecule has 0 saturated heterocycles. The molecule has 0 N–H and O–H groups in total. The molecule has 1 aromatic heterocycles. The van der Waals surface area contributed by atoms with E-state index in [1.807, 2.05) is 0 Å². The van der Waals surface area contributed by atoms with Crippen molar-refractivity contribution >= 4 is 11.3 Å². The predicted octanol–water partition coefficient (Wildman–Crippen LogP) is 1.83. The van der Waals surface area contributed by atoms with Gasteiger partial charge in [0.1, 0.15) is 6.17 Å². The van der Waals surface area contributed by atoms with Gasteiger partial charge in [0.25, 0.3) is 0 Å². The summed E-state index contributed by atoms with van der Waals surface area (Å²) in [5.41, 5.74) is 0. The van der Waals surface area contributed by atoms with E-state index in [2.05, 4.69) is 11.3 Å². The molecule has 2 heteroatoms. The summed E-state index contributed by atoms with van der Waals surface area (Å²) in [7, 11) is 0. The predicted molar refractivity (Wildman–Crippen MR) is 31.1 cm³/mol. The molecule has 0 aliphatic rings. The summed E-state index contributed by atoms with van der Waals surface area (Å²) in [6, 6.07) is 3.43. The Morgan fingerprint density at radius 1 is 1.75 bits per heavy atom. The van der Waals surface area contributed by atoms with Crippen molar-refractivity contribution in [3.05, 3.63) is 22.4 Å². The lowest BCUT2D eigenvalue weighted by Crippen LogP contribution is -1.53. The average Bonchev–Trinajstić information content (AvgIpc) is 2.19. The first kappa shape index (κ1) is 5.33. The fourth-order valence-electron chi connectivity index (χ4n) is 0.355. The molecule has 1 aromatic rings. The zero-order valence-corrected chi connectivity index (χ0v) is 4.76. The Hall–Kier alpha value is -0.810. The van der Waals surface area contributed by atoms with E-state index in [0.717, 1.165) is 0 Å². The monoisotopic (exact) mass is 125 g/mol. The molecule has 8 heavy (non-hydrogen) atoms. The number of thiophene rings is 1. The summed E-state index contributed by atoms with van der Waals surface area (Å²) in [5.74, 6) is 2.26. The van der Waals surface area contributed by atoms with Crippen LogP contribution in [-0.4, -0.2) is 0 Å². The third-order valence-corrected chi connectivity index (χ3v) is 1.35. The number of halogens is 1. The molecule has 39 valence electrons. The lowest BCUT2D eigenvalue weighted by Gasteiger charge is -1.67. The van der Waals surface area contributed by atoms with Crippen molar-refractivity contribution in [3.8, 4) is 12.1 Å². The van der Waals surface area contributed by atoms with E-state index < -0.39 is 0 Å². The van der Waals surface area contributed by atoms with Crippen LogP contribution in [0.2, 0.25) is 0 Å². The average molecular weight is 125 g/mol. The second-order valence-corrected chi connectivity index (χ2v) is 2.02. The Kier molecular flexibility index (Phi) is 1.66. The van der Waals surface area contributed by atoms with Crippen LogP contribution in [0.3, 0.4) is 0 Å². The minimum absolute atomic E-state index is 0.715. The molecule has 0 bridgehead atoms. The molecule has 0 unspecified atom stereocenters. The molecular weight excluding hydrogens is 123 g/mol. The molecular formula is C6H2FS. The molecule has 0 aliphatic heterocycles. The van der Waals surface area contributed by atoms with Crippen molar-refractivity contribution in [2.24, 2.45) is 0 Å². The highest BCUT2D eigenvalue weighted by Gasteiger charge is 1.82. The highest BCUT2D eigenvalue weighted by molar-refractivity contribution is 7.10. The molecule has 1 rings (SSSR count). The fourth-order valence-corrected chi connectivity index (χ4v) is 0.844. The standard InChI is InChI=1S/C6H2FS/c7-4-3-6-2-1-5-8-6/h1-2H. The third-order valence-electron chi connectivity index (χ3n) is 0.642. The van der Waals surface area contributed by atoms with Gasteiger partial charge in [-0.25, -0.2) is 0 Å². The van der Waals surface area contributed by atoms with Crippen LogP contribution in [-0.2, 0) is 0 Å². The van der Waals surface area contributed by atoms with Crippen LogP contribution in [0.5, 0.6) is 0 Å². The molecule has 0 spiro atoms. The van der Waals surface area contributed by atoms with Gasteiger partial charge in [-0.1, -0.05) is 0 Å². The molecule has 0 nitrogen and oxygen atoms in total. The number of hydrogen-bond acceptors (Lipinski definition) is 1. The Labute approximate surface area is 51.0 Å². The summed E-state index contributed by atoms with van der Waals surface area (Å²) in [4.78, 5) is 0.715. The maximum atomic E-state index is 11.2. The summed E-state index contributed by atoms with van der Waals surface area (Å²) >= 11 is 1.31. The van der Waals surface area contributed by atoms with Crippen molar-refractivity contribution in [1.82, 2.24) is 0 Å². The molecule has 0 aliphatic carbocycles. The summed E-state index contributed by atoms with van der Waals surface area (Å²) < 4.78 is 11.2. The fraction of sp³-hybridized carbons (Fsp3) is 0. The lowest BCUT2D eigenvalue weighted by atomic mass is 10.5. The summed E-state index contributed by atoms with van der Waals surface area (Å²) in [6.45, 7) is 0. The summed E-state index contributed by atoms with van der Waals surface area (Å²) in [6.07, 6.45) is 1.31. The van der Waals surface area contributed by atoms with Crippen LogP contribution < -0.4 is 0 Å². The highest BCUT2D eigenvalue weighted by atomic mass is 32.1. The van der Waals surface area contributed by atoms with Gasteiger partial charge in [0.2, 0.25) is 0 Å². The van der Waals surface area contributed by atoms with Gasteiger partial charge >= 0.3 is 0 Å². The van der Waals surface area contributed by atoms with Gasteiger partial charge in [0, 0.05) is 5.38 Å². The molecule has 0 saturated carbocycles. The molecule has 1 heterocycles. The lowest BCUT2D eigenvalue weighted by molar-refractivity contribution is 0.774. The van der Waals surface area contributed by atoms with Gasteiger partial charge in [-0.15, -0.1) is 15.7 Å². The minimum Gasteiger partial charge on any atom is -0.144 e. The number of hydrogen-bond donors (Lipinski definition) is 0. The second-order valence-electron chi connectivity index (χ2n) is 1.14. The van der Waals surface area contributed by atoms with Crippen LogP contribution >= 0.6 is 11.3 Å². The van der Waals surface area contributed by atoms with E-state index in [0.29, 0.717) is 4.88 Å². The third kappa shape index (κ3) is 1.08. The smallest absolute Gasteiger partial charge is 0.111 e. The zero-order valence-electron chi connectivity index (χ0n) is 3.94. The van der Waals surface area contributed by atoms with Crippen molar-refractivity contribution in [1.29, 1.82) is 0 Å². The first-order valence-electron chi connectivity index (χ1n) is 2.01. The van der Waals surface area contributed by atoms with Crippen LogP contribution in [0.4, 0.5) is 4.39 Å². The van der Waals surface area contributed by atoms with Crippen molar-refractivity contribution in [3.63, 3.8) is 0 Å². The van der Waals surface area contributed by atoms with Gasteiger partial charge in [-0.2, -0.15) is 0 Å².